The molecule has 8 heteroatoms. The van der Waals surface area contributed by atoms with Crippen molar-refractivity contribution in [3.05, 3.63) is 74.6 Å². The Morgan fingerprint density at radius 3 is 2.46 bits per heavy atom. The number of nitrogens with one attached hydrogen (secondary N) is 1. The van der Waals surface area contributed by atoms with Crippen LogP contribution >= 0.6 is 34.5 Å². The molecule has 0 saturated carbocycles. The summed E-state index contributed by atoms with van der Waals surface area (Å²) in [6.45, 7) is 1.51. The first-order chi connectivity index (χ1) is 13.3. The van der Waals surface area contributed by atoms with E-state index in [0.717, 1.165) is 5.56 Å². The fraction of sp³-hybridized carbons (Fsp3) is 0.0500. The maximum absolute atomic E-state index is 12.4. The fourth-order valence-corrected chi connectivity index (χ4v) is 3.34. The van der Waals surface area contributed by atoms with Gasteiger partial charge in [0.2, 0.25) is 0 Å². The van der Waals surface area contributed by atoms with Gasteiger partial charge in [0.1, 0.15) is 0 Å². The molecule has 0 unspecified atom stereocenters. The smallest absolute Gasteiger partial charge is 0.331 e. The van der Waals surface area contributed by atoms with Gasteiger partial charge in [-0.15, -0.1) is 11.3 Å². The monoisotopic (exact) mass is 432 g/mol. The summed E-state index contributed by atoms with van der Waals surface area (Å²) in [4.78, 5) is 27.7. The van der Waals surface area contributed by atoms with Gasteiger partial charge < -0.3 is 5.11 Å². The van der Waals surface area contributed by atoms with Crippen molar-refractivity contribution in [1.82, 2.24) is 4.98 Å². The molecule has 0 saturated heterocycles. The van der Waals surface area contributed by atoms with Gasteiger partial charge in [-0.1, -0.05) is 41.4 Å². The summed E-state index contributed by atoms with van der Waals surface area (Å²) >= 11 is 13.3. The third kappa shape index (κ3) is 4.78. The van der Waals surface area contributed by atoms with E-state index in [4.69, 9.17) is 28.3 Å². The molecule has 2 aromatic carbocycles. The second kappa shape index (κ2) is 8.56. The molecule has 0 aliphatic rings. The minimum absolute atomic E-state index is 0.217. The van der Waals surface area contributed by atoms with Crippen molar-refractivity contribution in [2.45, 2.75) is 6.92 Å². The SMILES string of the molecule is CC(=Cc1ccc(C(=O)Nc2nc(-c3ccc(Cl)c(Cl)c3)cs2)cc1)C(=O)O. The van der Waals surface area contributed by atoms with Crippen LogP contribution in [0.2, 0.25) is 10.0 Å². The lowest BCUT2D eigenvalue weighted by Crippen LogP contribution is -2.11. The van der Waals surface area contributed by atoms with Crippen molar-refractivity contribution >= 4 is 57.6 Å². The number of aromatic nitrogens is 1. The van der Waals surface area contributed by atoms with Crippen LogP contribution < -0.4 is 5.32 Å². The standard InChI is InChI=1S/C20H14Cl2N2O3S/c1-11(19(26)27)8-12-2-4-13(5-3-12)18(25)24-20-23-17(10-28-20)14-6-7-15(21)16(22)9-14/h2-10H,1H3,(H,26,27)(H,23,24,25). The number of hydrogen-bond donors (Lipinski definition) is 2. The molecular formula is C20H14Cl2N2O3S. The van der Waals surface area contributed by atoms with Gasteiger partial charge in [0.15, 0.2) is 5.13 Å². The van der Waals surface area contributed by atoms with E-state index in [1.165, 1.54) is 24.3 Å². The van der Waals surface area contributed by atoms with E-state index in [1.54, 1.807) is 42.5 Å². The number of carboxylic acids is 1. The molecule has 0 atom stereocenters. The van der Waals surface area contributed by atoms with Gasteiger partial charge in [-0.25, -0.2) is 9.78 Å². The minimum Gasteiger partial charge on any atom is -0.478 e. The first-order valence-corrected chi connectivity index (χ1v) is 9.71. The Hall–Kier alpha value is -2.67. The van der Waals surface area contributed by atoms with Crippen LogP contribution in [0.25, 0.3) is 17.3 Å². The lowest BCUT2D eigenvalue weighted by Gasteiger charge is -2.03. The van der Waals surface area contributed by atoms with Crippen molar-refractivity contribution in [1.29, 1.82) is 0 Å². The number of carbonyl (C=O) groups excluding carboxylic acids is 1. The number of carbonyl (C=O) groups is 2. The molecule has 0 aliphatic carbocycles. The maximum atomic E-state index is 12.4. The Kier molecular flexibility index (Phi) is 6.14. The van der Waals surface area contributed by atoms with Gasteiger partial charge in [0, 0.05) is 22.1 Å². The van der Waals surface area contributed by atoms with Crippen LogP contribution in [0, 0.1) is 0 Å². The Bertz CT molecular complexity index is 1080. The molecule has 0 fully saturated rings. The van der Waals surface area contributed by atoms with Crippen molar-refractivity contribution < 1.29 is 14.7 Å². The molecule has 1 heterocycles. The topological polar surface area (TPSA) is 79.3 Å². The number of amides is 1. The van der Waals surface area contributed by atoms with Crippen LogP contribution in [0.1, 0.15) is 22.8 Å². The predicted octanol–water partition coefficient (Wildman–Crippen LogP) is 5.86. The summed E-state index contributed by atoms with van der Waals surface area (Å²) in [5.41, 5.74) is 2.85. The summed E-state index contributed by atoms with van der Waals surface area (Å²) in [6, 6.07) is 11.8. The van der Waals surface area contributed by atoms with Gasteiger partial charge in [-0.2, -0.15) is 0 Å². The number of anilines is 1. The summed E-state index contributed by atoms with van der Waals surface area (Å²) in [6.07, 6.45) is 1.54. The number of carboxylic acid groups (broad SMARTS) is 1. The molecule has 1 aromatic heterocycles. The second-order valence-corrected chi connectivity index (χ2v) is 7.55. The number of benzene rings is 2. The molecule has 0 radical (unpaired) electrons. The van der Waals surface area contributed by atoms with Crippen molar-refractivity contribution in [2.75, 3.05) is 5.32 Å². The van der Waals surface area contributed by atoms with E-state index in [1.807, 2.05) is 5.38 Å². The zero-order valence-corrected chi connectivity index (χ0v) is 16.9. The molecule has 2 N–H and O–H groups in total. The van der Waals surface area contributed by atoms with Gasteiger partial charge in [-0.05, 0) is 42.8 Å². The van der Waals surface area contributed by atoms with Crippen molar-refractivity contribution in [3.8, 4) is 11.3 Å². The highest BCUT2D eigenvalue weighted by Crippen LogP contribution is 2.30. The van der Waals surface area contributed by atoms with Crippen molar-refractivity contribution in [3.63, 3.8) is 0 Å². The van der Waals surface area contributed by atoms with Gasteiger partial charge in [-0.3, -0.25) is 10.1 Å². The van der Waals surface area contributed by atoms with E-state index in [0.29, 0.717) is 32.0 Å². The third-order valence-electron chi connectivity index (χ3n) is 3.83. The van der Waals surface area contributed by atoms with Crippen LogP contribution in [-0.4, -0.2) is 22.0 Å². The molecule has 3 rings (SSSR count). The Balaban J connectivity index is 1.71. The van der Waals surface area contributed by atoms with Crippen LogP contribution in [0.15, 0.2) is 53.4 Å². The summed E-state index contributed by atoms with van der Waals surface area (Å²) in [7, 11) is 0. The molecule has 0 bridgehead atoms. The Morgan fingerprint density at radius 2 is 1.82 bits per heavy atom. The van der Waals surface area contributed by atoms with Gasteiger partial charge >= 0.3 is 5.97 Å². The Labute approximate surface area is 175 Å². The second-order valence-electron chi connectivity index (χ2n) is 5.88. The lowest BCUT2D eigenvalue weighted by molar-refractivity contribution is -0.132. The molecule has 0 aliphatic heterocycles. The zero-order valence-electron chi connectivity index (χ0n) is 14.6. The first kappa shape index (κ1) is 20.1. The van der Waals surface area contributed by atoms with Gasteiger partial charge in [0.25, 0.3) is 5.91 Å². The molecule has 142 valence electrons. The molecule has 28 heavy (non-hydrogen) atoms. The minimum atomic E-state index is -0.983. The molecule has 0 spiro atoms. The fourth-order valence-electron chi connectivity index (χ4n) is 2.33. The largest absolute Gasteiger partial charge is 0.478 e. The summed E-state index contributed by atoms with van der Waals surface area (Å²) in [5, 5.41) is 14.8. The molecule has 1 amide bonds. The quantitative estimate of drug-likeness (QED) is 0.494. The van der Waals surface area contributed by atoms with Gasteiger partial charge in [0.05, 0.1) is 15.7 Å². The van der Waals surface area contributed by atoms with E-state index in [9.17, 15) is 9.59 Å². The molecular weight excluding hydrogens is 419 g/mol. The van der Waals surface area contributed by atoms with E-state index in [-0.39, 0.29) is 11.5 Å². The number of rotatable bonds is 5. The third-order valence-corrected chi connectivity index (χ3v) is 5.33. The van der Waals surface area contributed by atoms with Crippen LogP contribution in [0.3, 0.4) is 0 Å². The van der Waals surface area contributed by atoms with E-state index >= 15 is 0 Å². The number of nitrogens with zero attached hydrogens (tertiary/aromatic N) is 1. The number of thiazole rings is 1. The molecule has 5 nitrogen and oxygen atoms in total. The number of hydrogen-bond acceptors (Lipinski definition) is 4. The zero-order chi connectivity index (χ0) is 20.3. The number of aliphatic carboxylic acids is 1. The lowest BCUT2D eigenvalue weighted by atomic mass is 10.1. The number of halogens is 2. The summed E-state index contributed by atoms with van der Waals surface area (Å²) < 4.78 is 0. The highest BCUT2D eigenvalue weighted by molar-refractivity contribution is 7.14. The summed E-state index contributed by atoms with van der Waals surface area (Å²) in [5.74, 6) is -1.29. The van der Waals surface area contributed by atoms with E-state index in [2.05, 4.69) is 10.3 Å². The van der Waals surface area contributed by atoms with E-state index < -0.39 is 5.97 Å². The maximum Gasteiger partial charge on any atom is 0.331 e. The normalized spacial score (nSPS) is 11.3. The van der Waals surface area contributed by atoms with Crippen LogP contribution in [0.5, 0.6) is 0 Å². The average molecular weight is 433 g/mol. The van der Waals surface area contributed by atoms with Crippen LogP contribution in [0.4, 0.5) is 5.13 Å². The first-order valence-electron chi connectivity index (χ1n) is 8.07. The predicted molar refractivity (Wildman–Crippen MR) is 113 cm³/mol. The highest BCUT2D eigenvalue weighted by Gasteiger charge is 2.11. The molecule has 3 aromatic rings. The van der Waals surface area contributed by atoms with Crippen molar-refractivity contribution in [2.24, 2.45) is 0 Å². The Morgan fingerprint density at radius 1 is 1.11 bits per heavy atom. The van der Waals surface area contributed by atoms with Crippen LogP contribution in [-0.2, 0) is 4.79 Å². The average Bonchev–Trinajstić information content (AvgIpc) is 3.13. The highest BCUT2D eigenvalue weighted by atomic mass is 35.5.